The number of benzene rings is 2. The summed E-state index contributed by atoms with van der Waals surface area (Å²) in [5, 5.41) is 2.99. The van der Waals surface area contributed by atoms with Crippen LogP contribution in [0.2, 0.25) is 5.02 Å². The number of ether oxygens (including phenoxy) is 2. The number of nitrogens with zero attached hydrogens (tertiary/aromatic N) is 1. The third-order valence-corrected chi connectivity index (χ3v) is 5.53. The number of carbonyl (C=O) groups is 1. The number of hydrogen-bond acceptors (Lipinski definition) is 4. The van der Waals surface area contributed by atoms with Crippen molar-refractivity contribution in [3.63, 3.8) is 0 Å². The molecule has 1 fully saturated rings. The highest BCUT2D eigenvalue weighted by molar-refractivity contribution is 6.33. The monoisotopic (exact) mass is 404 g/mol. The van der Waals surface area contributed by atoms with E-state index in [0.29, 0.717) is 18.3 Å². The Morgan fingerprint density at radius 3 is 2.71 bits per heavy atom. The van der Waals surface area contributed by atoms with Gasteiger partial charge in [-0.05, 0) is 48.7 Å². The molecule has 0 atom stereocenters. The first kappa shape index (κ1) is 19.0. The van der Waals surface area contributed by atoms with Crippen LogP contribution in [-0.2, 0) is 11.3 Å². The van der Waals surface area contributed by atoms with E-state index in [9.17, 15) is 9.18 Å². The smallest absolute Gasteiger partial charge is 0.238 e. The summed E-state index contributed by atoms with van der Waals surface area (Å²) < 4.78 is 24.0. The Labute approximate surface area is 168 Å². The van der Waals surface area contributed by atoms with Crippen LogP contribution in [0, 0.1) is 5.82 Å². The van der Waals surface area contributed by atoms with Gasteiger partial charge >= 0.3 is 0 Å². The van der Waals surface area contributed by atoms with Gasteiger partial charge in [0.2, 0.25) is 12.7 Å². The van der Waals surface area contributed by atoms with Gasteiger partial charge in [0.1, 0.15) is 5.82 Å². The molecular weight excluding hydrogens is 383 g/mol. The van der Waals surface area contributed by atoms with Crippen LogP contribution in [0.3, 0.4) is 0 Å². The Morgan fingerprint density at radius 1 is 1.14 bits per heavy atom. The van der Waals surface area contributed by atoms with Gasteiger partial charge in [0.15, 0.2) is 11.5 Å². The van der Waals surface area contributed by atoms with Gasteiger partial charge in [0.25, 0.3) is 0 Å². The normalized spacial score (nSPS) is 16.0. The lowest BCUT2D eigenvalue weighted by atomic mass is 10.1. The zero-order valence-corrected chi connectivity index (χ0v) is 16.2. The van der Waals surface area contributed by atoms with Crippen LogP contribution in [0.5, 0.6) is 11.5 Å². The lowest BCUT2D eigenvalue weighted by Crippen LogP contribution is -2.39. The summed E-state index contributed by atoms with van der Waals surface area (Å²) in [7, 11) is 0. The molecule has 1 amide bonds. The molecule has 1 saturated carbocycles. The van der Waals surface area contributed by atoms with E-state index in [-0.39, 0.29) is 24.3 Å². The minimum atomic E-state index is -0.432. The predicted molar refractivity (Wildman–Crippen MR) is 105 cm³/mol. The van der Waals surface area contributed by atoms with Crippen molar-refractivity contribution in [1.82, 2.24) is 4.90 Å². The van der Waals surface area contributed by atoms with Crippen LogP contribution in [-0.4, -0.2) is 30.2 Å². The van der Waals surface area contributed by atoms with Crippen molar-refractivity contribution in [2.24, 2.45) is 0 Å². The zero-order chi connectivity index (χ0) is 19.5. The minimum absolute atomic E-state index is 0.166. The first-order valence-corrected chi connectivity index (χ1v) is 9.84. The third-order valence-electron chi connectivity index (χ3n) is 5.22. The van der Waals surface area contributed by atoms with Gasteiger partial charge in [-0.1, -0.05) is 30.5 Å². The summed E-state index contributed by atoms with van der Waals surface area (Å²) in [6, 6.07) is 10.2. The number of fused-ring (bicyclic) bond motifs is 1. The molecule has 0 aromatic heterocycles. The van der Waals surface area contributed by atoms with E-state index in [1.165, 1.54) is 31.0 Å². The molecule has 148 valence electrons. The molecule has 0 radical (unpaired) electrons. The molecule has 7 heteroatoms. The van der Waals surface area contributed by atoms with Crippen LogP contribution in [0.4, 0.5) is 10.1 Å². The van der Waals surface area contributed by atoms with Crippen molar-refractivity contribution in [1.29, 1.82) is 0 Å². The summed E-state index contributed by atoms with van der Waals surface area (Å²) in [6.07, 6.45) is 4.51. The van der Waals surface area contributed by atoms with E-state index in [1.54, 1.807) is 0 Å². The van der Waals surface area contributed by atoms with Crippen molar-refractivity contribution in [3.05, 3.63) is 52.8 Å². The second-order valence-corrected chi connectivity index (χ2v) is 7.61. The maximum absolute atomic E-state index is 13.2. The van der Waals surface area contributed by atoms with Gasteiger partial charge in [-0.25, -0.2) is 4.39 Å². The molecule has 0 spiro atoms. The maximum Gasteiger partial charge on any atom is 0.238 e. The molecule has 0 saturated heterocycles. The number of hydrogen-bond donors (Lipinski definition) is 1. The maximum atomic E-state index is 13.2. The topological polar surface area (TPSA) is 50.8 Å². The number of amides is 1. The van der Waals surface area contributed by atoms with Crippen LogP contribution in [0.25, 0.3) is 0 Å². The number of nitrogens with one attached hydrogen (secondary N) is 1. The Morgan fingerprint density at radius 2 is 1.93 bits per heavy atom. The van der Waals surface area contributed by atoms with Gasteiger partial charge in [-0.15, -0.1) is 0 Å². The SMILES string of the molecule is O=C(CN(Cc1ccc2c(c1)OCO2)C1CCCC1)Nc1ccc(F)cc1Cl. The summed E-state index contributed by atoms with van der Waals surface area (Å²) in [5.41, 5.74) is 1.49. The fraction of sp³-hybridized carbons (Fsp3) is 0.381. The lowest BCUT2D eigenvalue weighted by molar-refractivity contribution is -0.118. The number of halogens is 2. The van der Waals surface area contributed by atoms with Crippen LogP contribution in [0.1, 0.15) is 31.2 Å². The fourth-order valence-corrected chi connectivity index (χ4v) is 4.04. The van der Waals surface area contributed by atoms with Gasteiger partial charge < -0.3 is 14.8 Å². The molecule has 1 N–H and O–H groups in total. The Bertz CT molecular complexity index is 871. The van der Waals surface area contributed by atoms with Crippen LogP contribution >= 0.6 is 11.6 Å². The first-order chi connectivity index (χ1) is 13.6. The average molecular weight is 405 g/mol. The van der Waals surface area contributed by atoms with Gasteiger partial charge in [0.05, 0.1) is 17.3 Å². The standard InChI is InChI=1S/C21H22ClFN2O3/c22-17-10-15(23)6-7-18(17)24-21(26)12-25(16-3-1-2-4-16)11-14-5-8-19-20(9-14)28-13-27-19/h5-10,16H,1-4,11-13H2,(H,24,26). The predicted octanol–water partition coefficient (Wildman–Crippen LogP) is 4.59. The molecule has 2 aromatic rings. The van der Waals surface area contributed by atoms with Gasteiger partial charge in [-0.2, -0.15) is 0 Å². The molecule has 2 aromatic carbocycles. The van der Waals surface area contributed by atoms with Crippen LogP contribution < -0.4 is 14.8 Å². The fourth-order valence-electron chi connectivity index (χ4n) is 3.82. The van der Waals surface area contributed by atoms with E-state index in [2.05, 4.69) is 10.2 Å². The highest BCUT2D eigenvalue weighted by Crippen LogP contribution is 2.33. The first-order valence-electron chi connectivity index (χ1n) is 9.46. The summed E-state index contributed by atoms with van der Waals surface area (Å²) >= 11 is 6.03. The quantitative estimate of drug-likeness (QED) is 0.765. The second-order valence-electron chi connectivity index (χ2n) is 7.20. The molecule has 28 heavy (non-hydrogen) atoms. The van der Waals surface area contributed by atoms with Gasteiger partial charge in [-0.3, -0.25) is 9.69 Å². The average Bonchev–Trinajstić information content (AvgIpc) is 3.34. The summed E-state index contributed by atoms with van der Waals surface area (Å²) in [6.45, 7) is 1.13. The van der Waals surface area contributed by atoms with Crippen molar-refractivity contribution >= 4 is 23.2 Å². The van der Waals surface area contributed by atoms with E-state index >= 15 is 0 Å². The van der Waals surface area contributed by atoms with E-state index < -0.39 is 5.82 Å². The molecule has 0 bridgehead atoms. The summed E-state index contributed by atoms with van der Waals surface area (Å²) in [4.78, 5) is 14.8. The highest BCUT2D eigenvalue weighted by Gasteiger charge is 2.25. The molecule has 4 rings (SSSR count). The molecule has 1 aliphatic carbocycles. The highest BCUT2D eigenvalue weighted by atomic mass is 35.5. The Kier molecular flexibility index (Phi) is 5.69. The largest absolute Gasteiger partial charge is 0.454 e. The number of carbonyl (C=O) groups excluding carboxylic acids is 1. The van der Waals surface area contributed by atoms with Crippen LogP contribution in [0.15, 0.2) is 36.4 Å². The molecule has 2 aliphatic rings. The lowest BCUT2D eigenvalue weighted by Gasteiger charge is -2.28. The summed E-state index contributed by atoms with van der Waals surface area (Å²) in [5.74, 6) is 0.894. The van der Waals surface area contributed by atoms with Crippen molar-refractivity contribution in [2.75, 3.05) is 18.7 Å². The molecule has 0 unspecified atom stereocenters. The Balaban J connectivity index is 1.46. The van der Waals surface area contributed by atoms with Crippen molar-refractivity contribution < 1.29 is 18.7 Å². The zero-order valence-electron chi connectivity index (χ0n) is 15.4. The van der Waals surface area contributed by atoms with Crippen molar-refractivity contribution in [2.45, 2.75) is 38.3 Å². The number of anilines is 1. The molecular formula is C21H22ClFN2O3. The van der Waals surface area contributed by atoms with Crippen molar-refractivity contribution in [3.8, 4) is 11.5 Å². The van der Waals surface area contributed by atoms with E-state index in [0.717, 1.165) is 29.9 Å². The molecule has 1 heterocycles. The van der Waals surface area contributed by atoms with E-state index in [1.807, 2.05) is 18.2 Å². The number of rotatable bonds is 6. The second kappa shape index (κ2) is 8.37. The minimum Gasteiger partial charge on any atom is -0.454 e. The van der Waals surface area contributed by atoms with E-state index in [4.69, 9.17) is 21.1 Å². The molecule has 1 aliphatic heterocycles. The third kappa shape index (κ3) is 4.39. The Hall–Kier alpha value is -2.31. The van der Waals surface area contributed by atoms with Gasteiger partial charge in [0, 0.05) is 12.6 Å². The molecule has 5 nitrogen and oxygen atoms in total.